The van der Waals surface area contributed by atoms with E-state index in [0.717, 1.165) is 6.08 Å². The molecule has 0 amide bonds. The quantitative estimate of drug-likeness (QED) is 0.610. The number of aliphatic carboxylic acids is 2. The van der Waals surface area contributed by atoms with Crippen LogP contribution in [-0.2, 0) is 19.1 Å². The zero-order chi connectivity index (χ0) is 16.0. The fraction of sp³-hybridized carbons (Fsp3) is 0.182. The van der Waals surface area contributed by atoms with E-state index in [1.54, 1.807) is 0 Å². The van der Waals surface area contributed by atoms with Crippen LogP contribution in [0.25, 0.3) is 0 Å². The predicted molar refractivity (Wildman–Crippen MR) is 72.1 cm³/mol. The second-order valence-electron chi connectivity index (χ2n) is 2.55. The summed E-state index contributed by atoms with van der Waals surface area (Å²) in [5, 5.41) is 16.1. The van der Waals surface area contributed by atoms with E-state index in [9.17, 15) is 14.4 Å². The minimum atomic E-state index is -1.27. The lowest BCUT2D eigenvalue weighted by atomic mass is 10.2. The first-order valence-electron chi connectivity index (χ1n) is 4.41. The van der Waals surface area contributed by atoms with Crippen LogP contribution in [0.2, 0.25) is 0 Å². The average Bonchev–Trinajstić information content (AvgIpc) is 2.27. The van der Waals surface area contributed by atoms with Gasteiger partial charge in [0.25, 0.3) is 0 Å². The Morgan fingerprint density at radius 1 is 1.21 bits per heavy atom. The number of ether oxygens (including phenoxy) is 1. The van der Waals surface area contributed by atoms with E-state index in [0.29, 0.717) is 0 Å². The van der Waals surface area contributed by atoms with E-state index in [-0.39, 0.29) is 10.1 Å². The molecule has 0 bridgehead atoms. The maximum Gasteiger partial charge on any atom is 0.331 e. The van der Waals surface area contributed by atoms with Crippen LogP contribution < -0.4 is 0 Å². The summed E-state index contributed by atoms with van der Waals surface area (Å²) in [6.45, 7) is 9.26. The Morgan fingerprint density at radius 3 is 1.63 bits per heavy atom. The Balaban J connectivity index is -0.000000222. The monoisotopic (exact) mass is 312 g/mol. The molecule has 0 radical (unpaired) electrons. The van der Waals surface area contributed by atoms with Crippen LogP contribution >= 0.6 is 23.2 Å². The molecule has 0 aliphatic heterocycles. The van der Waals surface area contributed by atoms with Crippen LogP contribution in [0.1, 0.15) is 6.42 Å². The van der Waals surface area contributed by atoms with Gasteiger partial charge in [-0.25, -0.2) is 9.59 Å². The van der Waals surface area contributed by atoms with Gasteiger partial charge in [-0.2, -0.15) is 0 Å². The fourth-order valence-corrected chi connectivity index (χ4v) is 0.341. The molecule has 0 aliphatic carbocycles. The van der Waals surface area contributed by atoms with Crippen LogP contribution in [0.3, 0.4) is 0 Å². The first-order valence-corrected chi connectivity index (χ1v) is 5.17. The molecule has 8 heteroatoms. The van der Waals surface area contributed by atoms with Crippen LogP contribution in [-0.4, -0.2) is 35.2 Å². The highest BCUT2D eigenvalue weighted by Crippen LogP contribution is 1.98. The van der Waals surface area contributed by atoms with Gasteiger partial charge >= 0.3 is 17.9 Å². The van der Waals surface area contributed by atoms with Crippen molar-refractivity contribution in [2.45, 2.75) is 6.42 Å². The van der Waals surface area contributed by atoms with E-state index in [1.165, 1.54) is 7.11 Å². The molecule has 19 heavy (non-hydrogen) atoms. The molecule has 0 fully saturated rings. The van der Waals surface area contributed by atoms with Crippen LogP contribution in [0.15, 0.2) is 35.9 Å². The van der Waals surface area contributed by atoms with Crippen molar-refractivity contribution in [2.75, 3.05) is 7.11 Å². The van der Waals surface area contributed by atoms with Gasteiger partial charge in [0.1, 0.15) is 0 Å². The summed E-state index contributed by atoms with van der Waals surface area (Å²) in [5.74, 6) is -2.84. The topological polar surface area (TPSA) is 101 Å². The standard InChI is InChI=1S/C5H6O4.C4H6O2.C2H2Cl2/c1-3(5(8)9)2-4(6)7;1-3-4(5)6-2;1-2(3)4/h1-2H2,(H,6,7)(H,8,9);3H,1H2,2H3;1H2. The van der Waals surface area contributed by atoms with Gasteiger partial charge in [0.05, 0.1) is 18.0 Å². The fourth-order valence-electron chi connectivity index (χ4n) is 0.341. The number of methoxy groups -OCH3 is 1. The molecule has 0 aliphatic rings. The third kappa shape index (κ3) is 31.4. The van der Waals surface area contributed by atoms with Crippen LogP contribution in [0, 0.1) is 0 Å². The first kappa shape index (κ1) is 22.4. The van der Waals surface area contributed by atoms with E-state index < -0.39 is 24.3 Å². The minimum Gasteiger partial charge on any atom is -0.481 e. The van der Waals surface area contributed by atoms with Gasteiger partial charge in [0.15, 0.2) is 0 Å². The molecule has 2 N–H and O–H groups in total. The van der Waals surface area contributed by atoms with Gasteiger partial charge in [-0.15, -0.1) is 0 Å². The lowest BCUT2D eigenvalue weighted by Gasteiger charge is -1.91. The molecule has 0 spiro atoms. The van der Waals surface area contributed by atoms with Gasteiger partial charge in [-0.1, -0.05) is 42.9 Å². The van der Waals surface area contributed by atoms with Crippen molar-refractivity contribution in [3.8, 4) is 0 Å². The van der Waals surface area contributed by atoms with Crippen molar-refractivity contribution in [1.29, 1.82) is 0 Å². The molecule has 0 saturated heterocycles. The van der Waals surface area contributed by atoms with Gasteiger partial charge in [0.2, 0.25) is 0 Å². The normalized spacial score (nSPS) is 7.53. The van der Waals surface area contributed by atoms with E-state index in [4.69, 9.17) is 33.4 Å². The predicted octanol–water partition coefficient (Wildman–Crippen LogP) is 2.38. The second kappa shape index (κ2) is 14.3. The Hall–Kier alpha value is -1.79. The first-order chi connectivity index (χ1) is 8.58. The molecule has 0 aromatic carbocycles. The third-order valence-corrected chi connectivity index (χ3v) is 1.03. The molecule has 6 nitrogen and oxygen atoms in total. The highest BCUT2D eigenvalue weighted by atomic mass is 35.5. The summed E-state index contributed by atoms with van der Waals surface area (Å²) in [4.78, 5) is 29.5. The molecule has 0 rings (SSSR count). The Morgan fingerprint density at radius 2 is 1.58 bits per heavy atom. The number of halogens is 2. The molecular weight excluding hydrogens is 299 g/mol. The number of rotatable bonds is 4. The lowest BCUT2D eigenvalue weighted by Crippen LogP contribution is -2.04. The van der Waals surface area contributed by atoms with Gasteiger partial charge < -0.3 is 14.9 Å². The van der Waals surface area contributed by atoms with Gasteiger partial charge in [0, 0.05) is 11.6 Å². The lowest BCUT2D eigenvalue weighted by molar-refractivity contribution is -0.139. The average molecular weight is 313 g/mol. The summed E-state index contributed by atoms with van der Waals surface area (Å²) >= 11 is 9.69. The number of carbonyl (C=O) groups is 3. The number of hydrogen-bond donors (Lipinski definition) is 2. The molecule has 0 saturated carbocycles. The van der Waals surface area contributed by atoms with Gasteiger partial charge in [-0.3, -0.25) is 4.79 Å². The summed E-state index contributed by atoms with van der Waals surface area (Å²) in [7, 11) is 1.31. The highest BCUT2D eigenvalue weighted by Gasteiger charge is 2.07. The smallest absolute Gasteiger partial charge is 0.331 e. The number of esters is 1. The number of carboxylic acids is 2. The molecule has 0 atom stereocenters. The van der Waals surface area contributed by atoms with Crippen LogP contribution in [0.4, 0.5) is 0 Å². The molecule has 0 aromatic heterocycles. The third-order valence-electron chi connectivity index (χ3n) is 1.03. The summed E-state index contributed by atoms with van der Waals surface area (Å²) in [5.41, 5.74) is -0.303. The molecule has 108 valence electrons. The van der Waals surface area contributed by atoms with Gasteiger partial charge in [-0.05, 0) is 0 Å². The van der Waals surface area contributed by atoms with Crippen molar-refractivity contribution in [1.82, 2.24) is 0 Å². The SMILES string of the molecule is C=C(CC(=O)O)C(=O)O.C=C(Cl)Cl.C=CC(=O)OC. The summed E-state index contributed by atoms with van der Waals surface area (Å²) < 4.78 is 4.25. The Labute approximate surface area is 120 Å². The Bertz CT molecular complexity index is 358. The summed E-state index contributed by atoms with van der Waals surface area (Å²) in [6, 6.07) is 0. The zero-order valence-electron chi connectivity index (χ0n) is 10.2. The number of carboxylic acid groups (broad SMARTS) is 2. The van der Waals surface area contributed by atoms with Crippen molar-refractivity contribution in [2.24, 2.45) is 0 Å². The molecule has 0 aromatic rings. The number of carbonyl (C=O) groups excluding carboxylic acids is 1. The van der Waals surface area contributed by atoms with E-state index >= 15 is 0 Å². The zero-order valence-corrected chi connectivity index (χ0v) is 11.7. The van der Waals surface area contributed by atoms with Crippen molar-refractivity contribution >= 4 is 41.1 Å². The van der Waals surface area contributed by atoms with E-state index in [1.807, 2.05) is 0 Å². The van der Waals surface area contributed by atoms with E-state index in [2.05, 4.69) is 24.5 Å². The van der Waals surface area contributed by atoms with Crippen molar-refractivity contribution in [3.63, 3.8) is 0 Å². The Kier molecular flexibility index (Phi) is 16.8. The maximum absolute atomic E-state index is 9.87. The highest BCUT2D eigenvalue weighted by molar-refractivity contribution is 6.55. The van der Waals surface area contributed by atoms with Crippen molar-refractivity contribution in [3.05, 3.63) is 35.9 Å². The molecule has 0 unspecified atom stereocenters. The number of hydrogen-bond acceptors (Lipinski definition) is 4. The van der Waals surface area contributed by atoms with Crippen molar-refractivity contribution < 1.29 is 29.3 Å². The minimum absolute atomic E-state index is 0.111. The molecule has 0 heterocycles. The summed E-state index contributed by atoms with van der Waals surface area (Å²) in [6.07, 6.45) is 0.606. The maximum atomic E-state index is 9.87. The van der Waals surface area contributed by atoms with Crippen LogP contribution in [0.5, 0.6) is 0 Å². The second-order valence-corrected chi connectivity index (χ2v) is 3.65. The largest absolute Gasteiger partial charge is 0.481 e. The molecular formula is C11H14Cl2O6.